The number of halogens is 1. The molecule has 22 heavy (non-hydrogen) atoms. The van der Waals surface area contributed by atoms with Crippen molar-refractivity contribution in [2.45, 2.75) is 64.0 Å². The number of hydroxylamine groups is 2. The monoisotopic (exact) mass is 367 g/mol. The molecule has 122 valence electrons. The minimum atomic E-state index is 0.0846. The lowest BCUT2D eigenvalue weighted by Gasteiger charge is -2.51. The number of benzene rings is 1. The predicted molar refractivity (Wildman–Crippen MR) is 92.2 cm³/mol. The summed E-state index contributed by atoms with van der Waals surface area (Å²) in [5.41, 5.74) is 1.42. The zero-order valence-electron chi connectivity index (χ0n) is 14.0. The first kappa shape index (κ1) is 16.3. The molecule has 1 aromatic rings. The summed E-state index contributed by atoms with van der Waals surface area (Å²) < 4.78 is 6.87. The summed E-state index contributed by atoms with van der Waals surface area (Å²) in [6, 6.07) is 6.24. The van der Waals surface area contributed by atoms with Crippen LogP contribution in [0.2, 0.25) is 0 Å². The lowest BCUT2D eigenvalue weighted by Crippen LogP contribution is -2.58. The summed E-state index contributed by atoms with van der Waals surface area (Å²) in [4.78, 5) is 6.33. The van der Waals surface area contributed by atoms with Gasteiger partial charge < -0.3 is 4.74 Å². The van der Waals surface area contributed by atoms with E-state index in [1.54, 1.807) is 0 Å². The van der Waals surface area contributed by atoms with E-state index < -0.39 is 0 Å². The van der Waals surface area contributed by atoms with Crippen LogP contribution in [0, 0.1) is 0 Å². The van der Waals surface area contributed by atoms with E-state index in [1.807, 2.05) is 6.07 Å². The molecule has 1 saturated heterocycles. The predicted octanol–water partition coefficient (Wildman–Crippen LogP) is 4.90. The van der Waals surface area contributed by atoms with E-state index in [1.165, 1.54) is 24.8 Å². The number of fused-ring (bicyclic) bond motifs is 1. The quantitative estimate of drug-likeness (QED) is 0.758. The van der Waals surface area contributed by atoms with Gasteiger partial charge in [-0.1, -0.05) is 12.1 Å². The number of piperidine rings is 1. The van der Waals surface area contributed by atoms with E-state index in [0.717, 1.165) is 10.2 Å². The number of rotatable bonds is 3. The molecule has 2 aliphatic rings. The van der Waals surface area contributed by atoms with Gasteiger partial charge in [0.25, 0.3) is 0 Å². The van der Waals surface area contributed by atoms with Crippen molar-refractivity contribution >= 4 is 15.9 Å². The summed E-state index contributed by atoms with van der Waals surface area (Å²) in [5.74, 6) is 1.29. The Kier molecular flexibility index (Phi) is 4.30. The van der Waals surface area contributed by atoms with Gasteiger partial charge in [0.2, 0.25) is 0 Å². The van der Waals surface area contributed by atoms with Crippen molar-refractivity contribution in [3.63, 3.8) is 0 Å². The van der Waals surface area contributed by atoms with Crippen molar-refractivity contribution in [2.75, 3.05) is 13.2 Å². The zero-order chi connectivity index (χ0) is 16.0. The molecule has 4 heteroatoms. The van der Waals surface area contributed by atoms with Crippen LogP contribution in [0.4, 0.5) is 0 Å². The molecule has 1 unspecified atom stereocenters. The van der Waals surface area contributed by atoms with Gasteiger partial charge in [-0.05, 0) is 69.0 Å². The van der Waals surface area contributed by atoms with E-state index >= 15 is 0 Å². The molecule has 0 aromatic heterocycles. The van der Waals surface area contributed by atoms with E-state index in [2.05, 4.69) is 60.8 Å². The second kappa shape index (κ2) is 5.81. The molecule has 0 saturated carbocycles. The molecule has 0 amide bonds. The molecule has 0 aliphatic carbocycles. The molecule has 1 atom stereocenters. The highest BCUT2D eigenvalue weighted by molar-refractivity contribution is 9.10. The van der Waals surface area contributed by atoms with Crippen molar-refractivity contribution in [3.05, 3.63) is 28.2 Å². The standard InChI is InChI=1S/C18H26BrNO2/c1-17(2)9-6-10-18(3,4)20(17)22-12-13-11-21-16-14(13)7-5-8-15(16)19/h5,7-8,13H,6,9-12H2,1-4H3. The van der Waals surface area contributed by atoms with Crippen LogP contribution in [0.15, 0.2) is 22.7 Å². The maximum atomic E-state index is 6.33. The van der Waals surface area contributed by atoms with Gasteiger partial charge in [0, 0.05) is 22.6 Å². The number of hydrogen-bond acceptors (Lipinski definition) is 3. The van der Waals surface area contributed by atoms with E-state index in [0.29, 0.717) is 19.1 Å². The molecule has 1 aromatic carbocycles. The SMILES string of the molecule is CC1(C)CCCC(C)(C)N1OCC1COc2c(Br)cccc21. The third kappa shape index (κ3) is 2.93. The maximum absolute atomic E-state index is 6.33. The van der Waals surface area contributed by atoms with Gasteiger partial charge in [0.15, 0.2) is 0 Å². The highest BCUT2D eigenvalue weighted by Gasteiger charge is 2.43. The van der Waals surface area contributed by atoms with Crippen molar-refractivity contribution in [1.29, 1.82) is 0 Å². The molecule has 3 rings (SSSR count). The zero-order valence-corrected chi connectivity index (χ0v) is 15.6. The highest BCUT2D eigenvalue weighted by atomic mass is 79.9. The average Bonchev–Trinajstić information content (AvgIpc) is 2.81. The molecule has 1 fully saturated rings. The van der Waals surface area contributed by atoms with Crippen molar-refractivity contribution in [2.24, 2.45) is 0 Å². The number of nitrogens with zero attached hydrogens (tertiary/aromatic N) is 1. The molecule has 0 bridgehead atoms. The van der Waals surface area contributed by atoms with Gasteiger partial charge >= 0.3 is 0 Å². The fraction of sp³-hybridized carbons (Fsp3) is 0.667. The Morgan fingerprint density at radius 3 is 2.59 bits per heavy atom. The normalized spacial score (nSPS) is 26.5. The molecule has 2 aliphatic heterocycles. The molecular weight excluding hydrogens is 342 g/mol. The fourth-order valence-electron chi connectivity index (χ4n) is 3.90. The van der Waals surface area contributed by atoms with Crippen LogP contribution in [0.1, 0.15) is 58.4 Å². The topological polar surface area (TPSA) is 21.7 Å². The average molecular weight is 368 g/mol. The molecule has 0 N–H and O–H groups in total. The minimum Gasteiger partial charge on any atom is -0.491 e. The summed E-state index contributed by atoms with van der Waals surface area (Å²) in [7, 11) is 0. The second-order valence-corrected chi connectivity index (χ2v) is 8.59. The van der Waals surface area contributed by atoms with Crippen LogP contribution in [-0.4, -0.2) is 29.4 Å². The molecule has 0 spiro atoms. The minimum absolute atomic E-state index is 0.0846. The Labute approximate surface area is 142 Å². The first-order valence-electron chi connectivity index (χ1n) is 8.16. The maximum Gasteiger partial charge on any atom is 0.137 e. The number of ether oxygens (including phenoxy) is 1. The Balaban J connectivity index is 1.72. The Morgan fingerprint density at radius 2 is 1.91 bits per heavy atom. The van der Waals surface area contributed by atoms with E-state index in [4.69, 9.17) is 9.57 Å². The second-order valence-electron chi connectivity index (χ2n) is 7.73. The van der Waals surface area contributed by atoms with Gasteiger partial charge in [-0.2, -0.15) is 5.06 Å². The van der Waals surface area contributed by atoms with Gasteiger partial charge in [0.1, 0.15) is 5.75 Å². The van der Waals surface area contributed by atoms with Crippen LogP contribution < -0.4 is 4.74 Å². The third-order valence-electron chi connectivity index (χ3n) is 4.95. The lowest BCUT2D eigenvalue weighted by molar-refractivity contribution is -0.283. The molecule has 2 heterocycles. The van der Waals surface area contributed by atoms with Crippen LogP contribution in [-0.2, 0) is 4.84 Å². The number of para-hydroxylation sites is 1. The third-order valence-corrected chi connectivity index (χ3v) is 5.57. The number of hydrogen-bond donors (Lipinski definition) is 0. The van der Waals surface area contributed by atoms with Crippen LogP contribution in [0.25, 0.3) is 0 Å². The lowest BCUT2D eigenvalue weighted by atomic mass is 9.82. The molecule has 3 nitrogen and oxygen atoms in total. The van der Waals surface area contributed by atoms with Gasteiger partial charge in [0.05, 0.1) is 17.7 Å². The highest BCUT2D eigenvalue weighted by Crippen LogP contribution is 2.42. The molecule has 0 radical (unpaired) electrons. The summed E-state index contributed by atoms with van der Waals surface area (Å²) in [5, 5.41) is 2.24. The van der Waals surface area contributed by atoms with Crippen molar-refractivity contribution in [1.82, 2.24) is 5.06 Å². The molecular formula is C18H26BrNO2. The van der Waals surface area contributed by atoms with Crippen LogP contribution >= 0.6 is 15.9 Å². The summed E-state index contributed by atoms with van der Waals surface area (Å²) in [6.45, 7) is 10.5. The first-order chi connectivity index (χ1) is 10.3. The Bertz CT molecular complexity index is 540. The van der Waals surface area contributed by atoms with Crippen molar-refractivity contribution in [3.8, 4) is 5.75 Å². The van der Waals surface area contributed by atoms with Gasteiger partial charge in [-0.3, -0.25) is 4.84 Å². The van der Waals surface area contributed by atoms with Crippen molar-refractivity contribution < 1.29 is 9.57 Å². The van der Waals surface area contributed by atoms with Crippen LogP contribution in [0.5, 0.6) is 5.75 Å². The van der Waals surface area contributed by atoms with Gasteiger partial charge in [-0.15, -0.1) is 0 Å². The van der Waals surface area contributed by atoms with Gasteiger partial charge in [-0.25, -0.2) is 0 Å². The Morgan fingerprint density at radius 1 is 1.23 bits per heavy atom. The first-order valence-corrected chi connectivity index (χ1v) is 8.95. The summed E-state index contributed by atoms with van der Waals surface area (Å²) >= 11 is 3.56. The smallest absolute Gasteiger partial charge is 0.137 e. The van der Waals surface area contributed by atoms with E-state index in [-0.39, 0.29) is 11.1 Å². The van der Waals surface area contributed by atoms with E-state index in [9.17, 15) is 0 Å². The Hall–Kier alpha value is -0.580. The largest absolute Gasteiger partial charge is 0.491 e. The van der Waals surface area contributed by atoms with Crippen LogP contribution in [0.3, 0.4) is 0 Å². The summed E-state index contributed by atoms with van der Waals surface area (Å²) in [6.07, 6.45) is 3.63. The fourth-order valence-corrected chi connectivity index (χ4v) is 4.40.